The number of hydrogen-bond acceptors (Lipinski definition) is 2. The molecule has 4 aliphatic rings. The van der Waals surface area contributed by atoms with Crippen LogP contribution >= 0.6 is 0 Å². The zero-order valence-electron chi connectivity index (χ0n) is 7.70. The van der Waals surface area contributed by atoms with Crippen molar-refractivity contribution in [1.29, 1.82) is 0 Å². The van der Waals surface area contributed by atoms with Crippen LogP contribution in [-0.2, 0) is 4.79 Å². The average molecular weight is 177 g/mol. The average Bonchev–Trinajstić information content (AvgIpc) is 2.13. The molecule has 0 heterocycles. The van der Waals surface area contributed by atoms with Crippen LogP contribution in [0.1, 0.15) is 25.7 Å². The predicted molar refractivity (Wildman–Crippen MR) is 49.6 cm³/mol. The van der Waals surface area contributed by atoms with Crippen LogP contribution in [0.3, 0.4) is 0 Å². The van der Waals surface area contributed by atoms with Crippen LogP contribution in [0, 0.1) is 23.7 Å². The third kappa shape index (κ3) is 0.905. The highest BCUT2D eigenvalue weighted by Gasteiger charge is 2.50. The fourth-order valence-electron chi connectivity index (χ4n) is 3.89. The highest BCUT2D eigenvalue weighted by Crippen LogP contribution is 2.54. The Kier molecular flexibility index (Phi) is 1.47. The molecule has 0 aromatic carbocycles. The van der Waals surface area contributed by atoms with Gasteiger partial charge in [0, 0.05) is 17.5 Å². The van der Waals surface area contributed by atoms with Gasteiger partial charge in [-0.15, -0.1) is 0 Å². The molecule has 0 radical (unpaired) electrons. The van der Waals surface area contributed by atoms with Crippen LogP contribution in [-0.4, -0.2) is 12.0 Å². The summed E-state index contributed by atoms with van der Waals surface area (Å²) < 4.78 is 0. The zero-order chi connectivity index (χ0) is 9.00. The van der Waals surface area contributed by atoms with Crippen LogP contribution in [0.5, 0.6) is 0 Å². The summed E-state index contributed by atoms with van der Waals surface area (Å²) in [7, 11) is 0. The van der Waals surface area contributed by atoms with E-state index in [1.165, 1.54) is 25.7 Å². The zero-order valence-corrected chi connectivity index (χ0v) is 7.70. The Balaban J connectivity index is 2.03. The molecule has 5 atom stereocenters. The van der Waals surface area contributed by atoms with Crippen LogP contribution in [0.2, 0.25) is 0 Å². The van der Waals surface area contributed by atoms with Crippen molar-refractivity contribution in [2.45, 2.75) is 31.7 Å². The Labute approximate surface area is 78.2 Å². The van der Waals surface area contributed by atoms with Gasteiger partial charge in [-0.2, -0.15) is 0 Å². The van der Waals surface area contributed by atoms with E-state index in [1.807, 2.05) is 0 Å². The minimum absolute atomic E-state index is 0.268. The molecule has 4 fully saturated rings. The standard InChI is InChI=1S/C11H15NO/c12-11-8-2-6-1-7(4-8)10(5-13)9(11)3-6/h6-9,11H,1-4,12H2. The Hall–Kier alpha value is -0.590. The lowest BCUT2D eigenvalue weighted by atomic mass is 9.52. The third-order valence-corrected chi connectivity index (χ3v) is 4.39. The van der Waals surface area contributed by atoms with E-state index >= 15 is 0 Å². The van der Waals surface area contributed by atoms with Gasteiger partial charge in [-0.25, -0.2) is 4.79 Å². The molecule has 13 heavy (non-hydrogen) atoms. The monoisotopic (exact) mass is 177 g/mol. The van der Waals surface area contributed by atoms with Gasteiger partial charge in [0.25, 0.3) is 0 Å². The molecule has 5 unspecified atom stereocenters. The first-order valence-electron chi connectivity index (χ1n) is 5.30. The molecule has 4 rings (SSSR count). The fourth-order valence-corrected chi connectivity index (χ4v) is 3.89. The minimum Gasteiger partial charge on any atom is -0.327 e. The van der Waals surface area contributed by atoms with Crippen molar-refractivity contribution >= 4 is 5.94 Å². The van der Waals surface area contributed by atoms with Gasteiger partial charge in [0.2, 0.25) is 0 Å². The summed E-state index contributed by atoms with van der Waals surface area (Å²) in [5.41, 5.74) is 7.16. The molecule has 0 aromatic heterocycles. The van der Waals surface area contributed by atoms with E-state index in [2.05, 4.69) is 5.94 Å². The molecule has 2 nitrogen and oxygen atoms in total. The van der Waals surface area contributed by atoms with Gasteiger partial charge in [-0.3, -0.25) is 0 Å². The van der Waals surface area contributed by atoms with Crippen molar-refractivity contribution in [2.24, 2.45) is 29.4 Å². The molecule has 2 heteroatoms. The first-order chi connectivity index (χ1) is 6.29. The maximum atomic E-state index is 10.8. The summed E-state index contributed by atoms with van der Waals surface area (Å²) in [6, 6.07) is 0.268. The lowest BCUT2D eigenvalue weighted by molar-refractivity contribution is 0.0497. The fraction of sp³-hybridized carbons (Fsp3) is 0.818. The van der Waals surface area contributed by atoms with Gasteiger partial charge in [-0.05, 0) is 43.4 Å². The van der Waals surface area contributed by atoms with Crippen molar-refractivity contribution in [3.05, 3.63) is 5.57 Å². The number of nitrogens with two attached hydrogens (primary N) is 1. The molecule has 0 spiro atoms. The van der Waals surface area contributed by atoms with E-state index in [9.17, 15) is 4.79 Å². The molecule has 2 N–H and O–H groups in total. The Morgan fingerprint density at radius 2 is 2.08 bits per heavy atom. The highest BCUT2D eigenvalue weighted by molar-refractivity contribution is 5.56. The summed E-state index contributed by atoms with van der Waals surface area (Å²) in [5, 5.41) is 0. The van der Waals surface area contributed by atoms with E-state index in [0.29, 0.717) is 17.8 Å². The number of rotatable bonds is 0. The van der Waals surface area contributed by atoms with E-state index in [4.69, 9.17) is 5.73 Å². The molecule has 4 aliphatic carbocycles. The molecule has 0 aromatic rings. The van der Waals surface area contributed by atoms with Crippen LogP contribution in [0.15, 0.2) is 5.57 Å². The molecule has 0 saturated heterocycles. The van der Waals surface area contributed by atoms with Crippen LogP contribution in [0.4, 0.5) is 0 Å². The predicted octanol–water partition coefficient (Wildman–Crippen LogP) is 1.14. The van der Waals surface area contributed by atoms with Gasteiger partial charge in [0.1, 0.15) is 5.94 Å². The van der Waals surface area contributed by atoms with Gasteiger partial charge < -0.3 is 5.73 Å². The molecule has 4 saturated carbocycles. The number of hydrogen-bond donors (Lipinski definition) is 1. The summed E-state index contributed by atoms with van der Waals surface area (Å²) in [5.74, 6) is 4.69. The van der Waals surface area contributed by atoms with Crippen molar-refractivity contribution in [2.75, 3.05) is 0 Å². The Morgan fingerprint density at radius 1 is 1.23 bits per heavy atom. The summed E-state index contributed by atoms with van der Waals surface area (Å²) in [4.78, 5) is 10.8. The maximum Gasteiger partial charge on any atom is 0.124 e. The van der Waals surface area contributed by atoms with E-state index in [1.54, 1.807) is 0 Å². The smallest absolute Gasteiger partial charge is 0.124 e. The normalized spacial score (nSPS) is 52.4. The van der Waals surface area contributed by atoms with Crippen molar-refractivity contribution in [3.8, 4) is 0 Å². The minimum atomic E-state index is 0.268. The van der Waals surface area contributed by atoms with Crippen LogP contribution < -0.4 is 5.73 Å². The first-order valence-corrected chi connectivity index (χ1v) is 5.30. The van der Waals surface area contributed by atoms with E-state index in [0.717, 1.165) is 11.5 Å². The quantitative estimate of drug-likeness (QED) is 0.564. The topological polar surface area (TPSA) is 43.1 Å². The van der Waals surface area contributed by atoms with E-state index in [-0.39, 0.29) is 6.04 Å². The molecule has 0 aliphatic heterocycles. The Bertz CT molecular complexity index is 292. The largest absolute Gasteiger partial charge is 0.327 e. The lowest BCUT2D eigenvalue weighted by Crippen LogP contribution is -2.53. The van der Waals surface area contributed by atoms with Gasteiger partial charge in [0.05, 0.1) is 0 Å². The second-order valence-electron chi connectivity index (χ2n) is 5.01. The van der Waals surface area contributed by atoms with Crippen LogP contribution in [0.25, 0.3) is 0 Å². The van der Waals surface area contributed by atoms with Crippen molar-refractivity contribution < 1.29 is 4.79 Å². The van der Waals surface area contributed by atoms with Gasteiger partial charge in [0.15, 0.2) is 0 Å². The van der Waals surface area contributed by atoms with Crippen molar-refractivity contribution in [1.82, 2.24) is 0 Å². The molecule has 0 amide bonds. The molecule has 70 valence electrons. The maximum absolute atomic E-state index is 10.8. The Morgan fingerprint density at radius 3 is 2.85 bits per heavy atom. The first kappa shape index (κ1) is 7.78. The molecule has 4 bridgehead atoms. The summed E-state index contributed by atoms with van der Waals surface area (Å²) >= 11 is 0. The third-order valence-electron chi connectivity index (χ3n) is 4.39. The number of carbonyl (C=O) groups excluding carboxylic acids is 1. The molecular weight excluding hydrogens is 162 g/mol. The summed E-state index contributed by atoms with van der Waals surface area (Å²) in [6.07, 6.45) is 4.89. The molecular formula is C11H15NO. The second kappa shape index (κ2) is 2.46. The van der Waals surface area contributed by atoms with E-state index < -0.39 is 0 Å². The van der Waals surface area contributed by atoms with Crippen molar-refractivity contribution in [3.63, 3.8) is 0 Å². The second-order valence-corrected chi connectivity index (χ2v) is 5.01. The van der Waals surface area contributed by atoms with Gasteiger partial charge >= 0.3 is 0 Å². The summed E-state index contributed by atoms with van der Waals surface area (Å²) in [6.45, 7) is 0. The lowest BCUT2D eigenvalue weighted by Gasteiger charge is -2.53. The van der Waals surface area contributed by atoms with Gasteiger partial charge in [-0.1, -0.05) is 0 Å². The SMILES string of the molecule is NC1C2CC3CC(C2)C(=C=O)C1C3. The highest BCUT2D eigenvalue weighted by atomic mass is 16.1.